The van der Waals surface area contributed by atoms with Gasteiger partial charge in [0, 0.05) is 24.3 Å². The van der Waals surface area contributed by atoms with Crippen molar-refractivity contribution < 1.29 is 13.2 Å². The van der Waals surface area contributed by atoms with Gasteiger partial charge in [0.1, 0.15) is 5.69 Å². The zero-order chi connectivity index (χ0) is 15.5. The minimum Gasteiger partial charge on any atom is -0.368 e. The van der Waals surface area contributed by atoms with Crippen LogP contribution in [0.25, 0.3) is 0 Å². The van der Waals surface area contributed by atoms with Crippen LogP contribution in [0.4, 0.5) is 5.95 Å². The van der Waals surface area contributed by atoms with Crippen molar-refractivity contribution in [2.45, 2.75) is 25.7 Å². The normalized spacial score (nSPS) is 14.5. The van der Waals surface area contributed by atoms with Gasteiger partial charge in [-0.3, -0.25) is 4.79 Å². The molecule has 9 heteroatoms. The Kier molecular flexibility index (Phi) is 4.73. The highest BCUT2D eigenvalue weighted by atomic mass is 32.2. The molecule has 8 nitrogen and oxygen atoms in total. The molecule has 1 aliphatic rings. The number of fused-ring (bicyclic) bond motifs is 1. The maximum Gasteiger partial charge on any atom is 0.270 e. The van der Waals surface area contributed by atoms with Crippen LogP contribution in [-0.4, -0.2) is 43.6 Å². The highest BCUT2D eigenvalue weighted by Gasteiger charge is 2.21. The van der Waals surface area contributed by atoms with E-state index in [0.717, 1.165) is 43.2 Å². The van der Waals surface area contributed by atoms with Crippen molar-refractivity contribution in [1.82, 2.24) is 20.0 Å². The second kappa shape index (κ2) is 6.35. The van der Waals surface area contributed by atoms with E-state index in [0.29, 0.717) is 5.69 Å². The first-order valence-electron chi connectivity index (χ1n) is 6.75. The van der Waals surface area contributed by atoms with E-state index in [2.05, 4.69) is 20.0 Å². The Hall–Kier alpha value is -1.74. The van der Waals surface area contributed by atoms with Crippen LogP contribution in [-0.2, 0) is 22.9 Å². The smallest absolute Gasteiger partial charge is 0.270 e. The molecular formula is C12H19N5O3S. The van der Waals surface area contributed by atoms with E-state index in [1.54, 1.807) is 0 Å². The third-order valence-corrected chi connectivity index (χ3v) is 3.92. The van der Waals surface area contributed by atoms with Gasteiger partial charge >= 0.3 is 0 Å². The van der Waals surface area contributed by atoms with Gasteiger partial charge in [-0.1, -0.05) is 0 Å². The van der Waals surface area contributed by atoms with Gasteiger partial charge in [0.25, 0.3) is 5.91 Å². The van der Waals surface area contributed by atoms with E-state index >= 15 is 0 Å². The third kappa shape index (κ3) is 4.36. The summed E-state index contributed by atoms with van der Waals surface area (Å²) in [6, 6.07) is 0. The fourth-order valence-corrected chi connectivity index (χ4v) is 2.77. The van der Waals surface area contributed by atoms with E-state index in [-0.39, 0.29) is 24.9 Å². The van der Waals surface area contributed by atoms with Crippen LogP contribution in [0.1, 0.15) is 34.6 Å². The molecule has 1 aromatic rings. The second-order valence-corrected chi connectivity index (χ2v) is 6.82. The number of nitrogen functional groups attached to an aromatic ring is 1. The van der Waals surface area contributed by atoms with Gasteiger partial charge in [0.15, 0.2) is 0 Å². The predicted octanol–water partition coefficient (Wildman–Crippen LogP) is -0.783. The van der Waals surface area contributed by atoms with Crippen molar-refractivity contribution in [2.24, 2.45) is 0 Å². The highest BCUT2D eigenvalue weighted by molar-refractivity contribution is 7.88. The summed E-state index contributed by atoms with van der Waals surface area (Å²) in [7, 11) is -3.25. The number of amides is 1. The number of hydrogen-bond acceptors (Lipinski definition) is 6. The van der Waals surface area contributed by atoms with E-state index in [1.807, 2.05) is 0 Å². The molecule has 21 heavy (non-hydrogen) atoms. The highest BCUT2D eigenvalue weighted by Crippen LogP contribution is 2.22. The topological polar surface area (TPSA) is 127 Å². The summed E-state index contributed by atoms with van der Waals surface area (Å²) < 4.78 is 24.1. The number of aryl methyl sites for hydroxylation is 1. The Balaban J connectivity index is 2.04. The van der Waals surface area contributed by atoms with Crippen molar-refractivity contribution in [1.29, 1.82) is 0 Å². The molecule has 0 saturated heterocycles. The average Bonchev–Trinajstić information content (AvgIpc) is 2.41. The Morgan fingerprint density at radius 2 is 1.95 bits per heavy atom. The van der Waals surface area contributed by atoms with Crippen LogP contribution >= 0.6 is 0 Å². The monoisotopic (exact) mass is 313 g/mol. The maximum absolute atomic E-state index is 12.2. The van der Waals surface area contributed by atoms with Gasteiger partial charge in [-0.05, 0) is 25.7 Å². The van der Waals surface area contributed by atoms with Crippen LogP contribution in [0.5, 0.6) is 0 Å². The quantitative estimate of drug-likeness (QED) is 0.612. The molecule has 4 N–H and O–H groups in total. The largest absolute Gasteiger partial charge is 0.368 e. The number of carbonyl (C=O) groups excluding carboxylic acids is 1. The van der Waals surface area contributed by atoms with Gasteiger partial charge in [-0.15, -0.1) is 0 Å². The number of aromatic nitrogens is 2. The van der Waals surface area contributed by atoms with Crippen LogP contribution in [0.2, 0.25) is 0 Å². The van der Waals surface area contributed by atoms with Crippen LogP contribution < -0.4 is 15.8 Å². The van der Waals surface area contributed by atoms with Crippen molar-refractivity contribution in [3.63, 3.8) is 0 Å². The molecule has 1 amide bonds. The second-order valence-electron chi connectivity index (χ2n) is 4.99. The van der Waals surface area contributed by atoms with Gasteiger partial charge in [0.05, 0.1) is 6.26 Å². The van der Waals surface area contributed by atoms with Gasteiger partial charge < -0.3 is 11.1 Å². The predicted molar refractivity (Wildman–Crippen MR) is 78.3 cm³/mol. The molecule has 0 unspecified atom stereocenters. The maximum atomic E-state index is 12.2. The molecule has 1 heterocycles. The number of nitrogens with zero attached hydrogens (tertiary/aromatic N) is 2. The molecule has 0 spiro atoms. The average molecular weight is 313 g/mol. The number of hydrogen-bond donors (Lipinski definition) is 3. The van der Waals surface area contributed by atoms with E-state index in [9.17, 15) is 13.2 Å². The van der Waals surface area contributed by atoms with Crippen molar-refractivity contribution in [3.05, 3.63) is 17.0 Å². The number of sulfonamides is 1. The summed E-state index contributed by atoms with van der Waals surface area (Å²) in [4.78, 5) is 20.4. The first-order chi connectivity index (χ1) is 9.87. The summed E-state index contributed by atoms with van der Waals surface area (Å²) in [6.07, 6.45) is 4.66. The van der Waals surface area contributed by atoms with E-state index < -0.39 is 10.0 Å². The molecule has 116 valence electrons. The molecule has 0 radical (unpaired) electrons. The van der Waals surface area contributed by atoms with Gasteiger partial charge in [0.2, 0.25) is 16.0 Å². The number of nitrogens with two attached hydrogens (primary N) is 1. The molecule has 2 rings (SSSR count). The Morgan fingerprint density at radius 3 is 2.67 bits per heavy atom. The Labute approximate surface area is 123 Å². The lowest BCUT2D eigenvalue weighted by molar-refractivity contribution is 0.0948. The summed E-state index contributed by atoms with van der Waals surface area (Å²) in [6.45, 7) is 0.317. The fourth-order valence-electron chi connectivity index (χ4n) is 2.30. The van der Waals surface area contributed by atoms with Crippen LogP contribution in [0.3, 0.4) is 0 Å². The lowest BCUT2D eigenvalue weighted by atomic mass is 9.94. The Bertz CT molecular complexity index is 645. The fraction of sp³-hybridized carbons (Fsp3) is 0.583. The molecule has 1 aromatic heterocycles. The molecule has 0 saturated carbocycles. The van der Waals surface area contributed by atoms with Crippen molar-refractivity contribution >= 4 is 21.9 Å². The first kappa shape index (κ1) is 15.6. The third-order valence-electron chi connectivity index (χ3n) is 3.19. The van der Waals surface area contributed by atoms with E-state index in [1.165, 1.54) is 0 Å². The first-order valence-corrected chi connectivity index (χ1v) is 8.64. The lowest BCUT2D eigenvalue weighted by Gasteiger charge is -2.17. The summed E-state index contributed by atoms with van der Waals surface area (Å²) in [5, 5.41) is 2.64. The standard InChI is InChI=1S/C12H19N5O3S/c1-21(19,20)15-7-6-14-11(18)10-8-4-2-3-5-9(8)16-12(13)17-10/h15H,2-7H2,1H3,(H,14,18)(H2,13,16,17). The minimum absolute atomic E-state index is 0.0926. The number of anilines is 1. The molecule has 0 atom stereocenters. The molecule has 0 aromatic carbocycles. The molecule has 0 bridgehead atoms. The number of rotatable bonds is 5. The van der Waals surface area contributed by atoms with Crippen LogP contribution in [0, 0.1) is 0 Å². The molecule has 1 aliphatic carbocycles. The van der Waals surface area contributed by atoms with Crippen molar-refractivity contribution in [3.8, 4) is 0 Å². The zero-order valence-electron chi connectivity index (χ0n) is 11.8. The summed E-state index contributed by atoms with van der Waals surface area (Å²) >= 11 is 0. The molecular weight excluding hydrogens is 294 g/mol. The summed E-state index contributed by atoms with van der Waals surface area (Å²) in [5.41, 5.74) is 7.63. The van der Waals surface area contributed by atoms with Gasteiger partial charge in [-0.2, -0.15) is 0 Å². The zero-order valence-corrected chi connectivity index (χ0v) is 12.7. The lowest BCUT2D eigenvalue weighted by Crippen LogP contribution is -2.35. The number of carbonyl (C=O) groups is 1. The van der Waals surface area contributed by atoms with Crippen LogP contribution in [0.15, 0.2) is 0 Å². The van der Waals surface area contributed by atoms with Crippen molar-refractivity contribution in [2.75, 3.05) is 25.1 Å². The minimum atomic E-state index is -3.25. The molecule has 0 aliphatic heterocycles. The summed E-state index contributed by atoms with van der Waals surface area (Å²) in [5.74, 6) is -0.257. The van der Waals surface area contributed by atoms with Gasteiger partial charge in [-0.25, -0.2) is 23.1 Å². The molecule has 0 fully saturated rings. The SMILES string of the molecule is CS(=O)(=O)NCCNC(=O)c1nc(N)nc2c1CCCC2. The van der Waals surface area contributed by atoms with E-state index in [4.69, 9.17) is 5.73 Å². The Morgan fingerprint density at radius 1 is 1.24 bits per heavy atom. The number of nitrogens with one attached hydrogen (secondary N) is 2.